The summed E-state index contributed by atoms with van der Waals surface area (Å²) in [5.41, 5.74) is 12.1. The Morgan fingerprint density at radius 2 is 0.745 bits per heavy atom. The van der Waals surface area contributed by atoms with Gasteiger partial charge in [-0.05, 0) is 157 Å². The summed E-state index contributed by atoms with van der Waals surface area (Å²) in [6, 6.07) is 76.5. The van der Waals surface area contributed by atoms with Crippen molar-refractivity contribution in [1.82, 2.24) is 58.6 Å². The number of rotatable bonds is 16. The zero-order valence-corrected chi connectivity index (χ0v) is 58.0. The van der Waals surface area contributed by atoms with Gasteiger partial charge in [0.2, 0.25) is 0 Å². The molecular formula is C85H60N18O7. The Hall–Kier alpha value is -15.7. The lowest BCUT2D eigenvalue weighted by molar-refractivity contribution is 0.0693. The number of benzene rings is 9. The SMILES string of the molecule is O=C(O)c1cc2ccccc2c(N=Nc2ccc3c(c2)nc(-c2ccccn2)n3Cc2ccccn2)c1O.Oc1cc(O)c2ccccc2c1N=Nc1ccc2c(c1)nc(-c1ccccn1)n2Cc1ccccn1.Oc1ccc(N=Nc2ccc3c(c2)nc(-c2ccccn2)n3Cc2ccccn2)c2c(O)cccc12. The van der Waals surface area contributed by atoms with Gasteiger partial charge in [0, 0.05) is 64.8 Å². The lowest BCUT2D eigenvalue weighted by Gasteiger charge is -2.08. The number of aromatic carboxylic acids is 1. The number of phenolic OH excluding ortho intramolecular Hbond substituents is 4. The molecule has 0 unspecified atom stereocenters. The Morgan fingerprint density at radius 3 is 1.20 bits per heavy atom. The summed E-state index contributed by atoms with van der Waals surface area (Å²) < 4.78 is 6.23. The van der Waals surface area contributed by atoms with Crippen LogP contribution in [0.4, 0.5) is 34.1 Å². The van der Waals surface area contributed by atoms with E-state index in [4.69, 9.17) is 15.0 Å². The van der Waals surface area contributed by atoms with E-state index in [2.05, 4.69) is 74.3 Å². The van der Waals surface area contributed by atoms with Gasteiger partial charge >= 0.3 is 5.97 Å². The molecule has 0 atom stereocenters. The quantitative estimate of drug-likeness (QED) is 0.0490. The number of hydrogen-bond donors (Lipinski definition) is 6. The lowest BCUT2D eigenvalue weighted by atomic mass is 10.0. The van der Waals surface area contributed by atoms with Crippen molar-refractivity contribution in [3.05, 3.63) is 315 Å². The Kier molecular flexibility index (Phi) is 19.1. The molecule has 0 saturated carbocycles. The Morgan fingerprint density at radius 1 is 0.327 bits per heavy atom. The van der Waals surface area contributed by atoms with Crippen LogP contribution in [0.3, 0.4) is 0 Å². The number of fused-ring (bicyclic) bond motifs is 6. The fraction of sp³-hybridized carbons (Fsp3) is 0.0353. The van der Waals surface area contributed by atoms with E-state index in [9.17, 15) is 35.4 Å². The number of aromatic hydroxyl groups is 5. The minimum Gasteiger partial charge on any atom is -0.507 e. The number of nitrogens with zero attached hydrogens (tertiary/aromatic N) is 18. The van der Waals surface area contributed by atoms with E-state index in [-0.39, 0.29) is 34.2 Å². The summed E-state index contributed by atoms with van der Waals surface area (Å²) in [4.78, 5) is 53.1. The third kappa shape index (κ3) is 14.4. The highest BCUT2D eigenvalue weighted by atomic mass is 16.4. The summed E-state index contributed by atoms with van der Waals surface area (Å²) in [7, 11) is 0. The van der Waals surface area contributed by atoms with Crippen LogP contribution in [0.5, 0.6) is 28.7 Å². The summed E-state index contributed by atoms with van der Waals surface area (Å²) >= 11 is 0. The first-order chi connectivity index (χ1) is 53.9. The summed E-state index contributed by atoms with van der Waals surface area (Å²) in [5, 5.41) is 90.7. The average Bonchev–Trinajstić information content (AvgIpc) is 1.54. The molecular weight excluding hydrogens is 1390 g/mol. The zero-order valence-electron chi connectivity index (χ0n) is 58.0. The molecule has 0 aliphatic carbocycles. The third-order valence-electron chi connectivity index (χ3n) is 18.0. The van der Waals surface area contributed by atoms with Crippen LogP contribution in [0, 0.1) is 0 Å². The van der Waals surface area contributed by atoms with E-state index < -0.39 is 11.7 Å². The van der Waals surface area contributed by atoms with Crippen LogP contribution in [0.2, 0.25) is 0 Å². The zero-order chi connectivity index (χ0) is 75.0. The molecule has 110 heavy (non-hydrogen) atoms. The highest BCUT2D eigenvalue weighted by Crippen LogP contribution is 2.44. The van der Waals surface area contributed by atoms with Crippen molar-refractivity contribution in [3.8, 4) is 63.3 Å². The molecule has 9 heterocycles. The van der Waals surface area contributed by atoms with Crippen molar-refractivity contribution in [2.45, 2.75) is 19.6 Å². The minimum absolute atomic E-state index is 0.0102. The third-order valence-corrected chi connectivity index (χ3v) is 18.0. The normalized spacial score (nSPS) is 11.5. The van der Waals surface area contributed by atoms with Gasteiger partial charge in [-0.25, -0.2) is 19.7 Å². The van der Waals surface area contributed by atoms with E-state index >= 15 is 0 Å². The largest absolute Gasteiger partial charge is 0.507 e. The standard InChI is InChI=1S/C29H20N6O3.2C28H20N6O2/c36-27-22(29(37)38)15-18-7-1-2-9-21(18)26(27)34-33-19-11-12-25-24(16-19)32-28(23-10-4-6-14-31-23)35(25)17-20-8-3-5-13-30-20;35-25-13-11-21(27-20(25)7-5-9-26(27)36)33-32-18-10-12-24-23(16-18)31-28(22-8-2-4-15-30-22)34(24)17-19-6-1-3-14-29-19;35-25-16-26(36)27(21-9-2-1-8-20(21)25)33-32-18-11-12-24-23(15-18)31-28(22-10-4-6-14-30-22)34(24)17-19-7-3-5-13-29-19/h1-16,36H,17H2,(H,37,38);2*1-16,35-36H,17H2. The second-order valence-electron chi connectivity index (χ2n) is 25.1. The van der Waals surface area contributed by atoms with Crippen LogP contribution in [-0.2, 0) is 19.6 Å². The summed E-state index contributed by atoms with van der Waals surface area (Å²) in [5.74, 6) is 0.426. The molecule has 0 radical (unpaired) electrons. The van der Waals surface area contributed by atoms with Crippen molar-refractivity contribution in [2.75, 3.05) is 0 Å². The fourth-order valence-corrected chi connectivity index (χ4v) is 12.8. The van der Waals surface area contributed by atoms with Gasteiger partial charge in [-0.2, -0.15) is 15.3 Å². The number of hydrogen-bond acceptors (Lipinski definition) is 21. The second-order valence-corrected chi connectivity index (χ2v) is 25.1. The number of pyridine rings is 6. The van der Waals surface area contributed by atoms with Gasteiger partial charge in [0.1, 0.15) is 57.0 Å². The number of carbonyl (C=O) groups is 1. The molecule has 0 amide bonds. The molecule has 0 saturated heterocycles. The molecule has 0 bridgehead atoms. The second kappa shape index (κ2) is 30.6. The first kappa shape index (κ1) is 68.8. The predicted molar refractivity (Wildman–Crippen MR) is 419 cm³/mol. The molecule has 9 aromatic carbocycles. The molecule has 0 aliphatic rings. The fourth-order valence-electron chi connectivity index (χ4n) is 12.8. The van der Waals surface area contributed by atoms with Gasteiger partial charge in [0.15, 0.2) is 23.2 Å². The average molecular weight is 1450 g/mol. The lowest BCUT2D eigenvalue weighted by Crippen LogP contribution is -2.04. The first-order valence-corrected chi connectivity index (χ1v) is 34.5. The Labute approximate surface area is 624 Å². The van der Waals surface area contributed by atoms with Crippen LogP contribution in [0.25, 0.3) is 100.0 Å². The Balaban J connectivity index is 0.000000125. The van der Waals surface area contributed by atoms with E-state index in [0.29, 0.717) is 91.7 Å². The summed E-state index contributed by atoms with van der Waals surface area (Å²) in [6.45, 7) is 1.59. The maximum absolute atomic E-state index is 11.7. The van der Waals surface area contributed by atoms with E-state index in [1.807, 2.05) is 164 Å². The van der Waals surface area contributed by atoms with Gasteiger partial charge in [0.05, 0.1) is 98.0 Å². The van der Waals surface area contributed by atoms with Crippen LogP contribution >= 0.6 is 0 Å². The molecule has 532 valence electrons. The maximum Gasteiger partial charge on any atom is 0.339 e. The van der Waals surface area contributed by atoms with Gasteiger partial charge < -0.3 is 44.3 Å². The molecule has 0 fully saturated rings. The van der Waals surface area contributed by atoms with Crippen LogP contribution < -0.4 is 0 Å². The van der Waals surface area contributed by atoms with Crippen molar-refractivity contribution in [1.29, 1.82) is 0 Å². The molecule has 18 rings (SSSR count). The molecule has 18 aromatic rings. The predicted octanol–water partition coefficient (Wildman–Crippen LogP) is 19.6. The highest BCUT2D eigenvalue weighted by Gasteiger charge is 2.22. The van der Waals surface area contributed by atoms with Crippen LogP contribution in [0.1, 0.15) is 27.4 Å². The number of carboxylic acid groups (broad SMARTS) is 1. The molecule has 9 aromatic heterocycles. The Bertz CT molecular complexity index is 6550. The van der Waals surface area contributed by atoms with Gasteiger partial charge in [-0.15, -0.1) is 15.3 Å². The topological polar surface area (TPSA) is 343 Å². The smallest absolute Gasteiger partial charge is 0.339 e. The first-order valence-electron chi connectivity index (χ1n) is 34.5. The minimum atomic E-state index is -1.24. The monoisotopic (exact) mass is 1440 g/mol. The number of azo groups is 3. The van der Waals surface area contributed by atoms with E-state index in [0.717, 1.165) is 73.4 Å². The van der Waals surface area contributed by atoms with Crippen molar-refractivity contribution >= 4 is 106 Å². The molecule has 0 aliphatic heterocycles. The van der Waals surface area contributed by atoms with Gasteiger partial charge in [-0.1, -0.05) is 97.1 Å². The van der Waals surface area contributed by atoms with Crippen molar-refractivity contribution < 1.29 is 35.4 Å². The van der Waals surface area contributed by atoms with Crippen LogP contribution in [0.15, 0.2) is 323 Å². The molecule has 6 N–H and O–H groups in total. The summed E-state index contributed by atoms with van der Waals surface area (Å²) in [6.07, 6.45) is 10.5. The van der Waals surface area contributed by atoms with Gasteiger partial charge in [0.25, 0.3) is 0 Å². The maximum atomic E-state index is 11.7. The molecule has 0 spiro atoms. The highest BCUT2D eigenvalue weighted by molar-refractivity contribution is 6.05. The number of carboxylic acids is 1. The van der Waals surface area contributed by atoms with E-state index in [1.54, 1.807) is 110 Å². The van der Waals surface area contributed by atoms with E-state index in [1.165, 1.54) is 18.2 Å². The molecule has 25 nitrogen and oxygen atoms in total. The van der Waals surface area contributed by atoms with Crippen LogP contribution in [-0.4, -0.2) is 95.2 Å². The van der Waals surface area contributed by atoms with Crippen molar-refractivity contribution in [3.63, 3.8) is 0 Å². The number of aromatic nitrogens is 12. The van der Waals surface area contributed by atoms with Gasteiger partial charge in [-0.3, -0.25) is 29.9 Å². The molecule has 25 heteroatoms. The number of phenols is 5. The van der Waals surface area contributed by atoms with Crippen molar-refractivity contribution in [2.24, 2.45) is 30.7 Å². The number of imidazole rings is 3.